The SMILES string of the molecule is CC(=O)[O-].CCc1n(C2CCCCN2)cc[n+]1C. The van der Waals surface area contributed by atoms with Crippen LogP contribution in [0, 0.1) is 0 Å². The Bertz CT molecular complexity index is 378. The summed E-state index contributed by atoms with van der Waals surface area (Å²) in [5.74, 6) is 0.324. The van der Waals surface area contributed by atoms with E-state index in [1.165, 1.54) is 25.1 Å². The number of nitrogens with zero attached hydrogens (tertiary/aromatic N) is 2. The number of rotatable bonds is 2. The molecule has 0 saturated carbocycles. The van der Waals surface area contributed by atoms with Gasteiger partial charge in [0.1, 0.15) is 12.4 Å². The molecule has 1 aliphatic rings. The standard InChI is InChI=1S/C11H20N3.C2H4O2/c1-3-11-13(2)8-9-14(11)10-6-4-5-7-12-10;1-2(3)4/h8-10,12H,3-7H2,1-2H3;1H3,(H,3,4)/q+1;/p-1. The molecule has 102 valence electrons. The van der Waals surface area contributed by atoms with Crippen molar-refractivity contribution >= 4 is 5.97 Å². The van der Waals surface area contributed by atoms with Crippen molar-refractivity contribution in [3.05, 3.63) is 18.2 Å². The molecule has 0 radical (unpaired) electrons. The summed E-state index contributed by atoms with van der Waals surface area (Å²) in [6.07, 6.45) is 9.91. The van der Waals surface area contributed by atoms with Crippen molar-refractivity contribution in [2.24, 2.45) is 7.05 Å². The molecule has 5 nitrogen and oxygen atoms in total. The number of aliphatic carboxylic acids is 1. The Kier molecular flexibility index (Phi) is 5.85. The van der Waals surface area contributed by atoms with Gasteiger partial charge in [-0.05, 0) is 26.3 Å². The van der Waals surface area contributed by atoms with E-state index >= 15 is 0 Å². The van der Waals surface area contributed by atoms with Gasteiger partial charge in [-0.3, -0.25) is 5.32 Å². The lowest BCUT2D eigenvalue weighted by Gasteiger charge is -2.21. The van der Waals surface area contributed by atoms with Gasteiger partial charge in [0.2, 0.25) is 0 Å². The second-order valence-corrected chi connectivity index (χ2v) is 4.54. The van der Waals surface area contributed by atoms with Crippen molar-refractivity contribution in [1.82, 2.24) is 9.88 Å². The summed E-state index contributed by atoms with van der Waals surface area (Å²) in [6.45, 7) is 4.35. The molecule has 1 aromatic heterocycles. The fourth-order valence-corrected chi connectivity index (χ4v) is 2.31. The highest BCUT2D eigenvalue weighted by atomic mass is 16.4. The van der Waals surface area contributed by atoms with Crippen LogP contribution in [0.25, 0.3) is 0 Å². The maximum atomic E-state index is 8.89. The quantitative estimate of drug-likeness (QED) is 0.749. The van der Waals surface area contributed by atoms with Gasteiger partial charge in [-0.1, -0.05) is 6.92 Å². The molecule has 2 rings (SSSR count). The number of imidazole rings is 1. The van der Waals surface area contributed by atoms with Gasteiger partial charge >= 0.3 is 0 Å². The molecule has 0 amide bonds. The van der Waals surface area contributed by atoms with E-state index in [0.29, 0.717) is 6.17 Å². The van der Waals surface area contributed by atoms with Crippen LogP contribution in [0.1, 0.15) is 45.1 Å². The number of hydrogen-bond acceptors (Lipinski definition) is 3. The van der Waals surface area contributed by atoms with Crippen LogP contribution in [0.15, 0.2) is 12.4 Å². The highest BCUT2D eigenvalue weighted by molar-refractivity contribution is 5.60. The monoisotopic (exact) mass is 253 g/mol. The number of piperidine rings is 1. The molecular formula is C13H23N3O2. The Morgan fingerprint density at radius 2 is 2.28 bits per heavy atom. The summed E-state index contributed by atoms with van der Waals surface area (Å²) in [4.78, 5) is 8.89. The Labute approximate surface area is 108 Å². The third-order valence-corrected chi connectivity index (χ3v) is 3.09. The summed E-state index contributed by atoms with van der Waals surface area (Å²) in [5.41, 5.74) is 0. The number of nitrogens with one attached hydrogen (secondary N) is 1. The van der Waals surface area contributed by atoms with E-state index in [1.807, 2.05) is 0 Å². The van der Waals surface area contributed by atoms with Gasteiger partial charge in [0.25, 0.3) is 5.82 Å². The van der Waals surface area contributed by atoms with Gasteiger partial charge in [0, 0.05) is 18.8 Å². The second-order valence-electron chi connectivity index (χ2n) is 4.54. The smallest absolute Gasteiger partial charge is 0.257 e. The fourth-order valence-electron chi connectivity index (χ4n) is 2.31. The molecule has 0 aliphatic carbocycles. The molecular weight excluding hydrogens is 230 g/mol. The van der Waals surface area contributed by atoms with E-state index in [1.54, 1.807) is 0 Å². The molecule has 1 saturated heterocycles. The van der Waals surface area contributed by atoms with Gasteiger partial charge in [-0.2, -0.15) is 0 Å². The molecule has 2 heterocycles. The van der Waals surface area contributed by atoms with Gasteiger partial charge in [0.05, 0.1) is 7.05 Å². The van der Waals surface area contributed by atoms with Crippen molar-refractivity contribution in [3.8, 4) is 0 Å². The zero-order valence-corrected chi connectivity index (χ0v) is 11.5. The van der Waals surface area contributed by atoms with E-state index in [0.717, 1.165) is 19.9 Å². The predicted octanol–water partition coefficient (Wildman–Crippen LogP) is -0.0967. The van der Waals surface area contributed by atoms with Crippen LogP contribution in [-0.4, -0.2) is 17.1 Å². The van der Waals surface area contributed by atoms with Crippen LogP contribution in [0.2, 0.25) is 0 Å². The molecule has 1 N–H and O–H groups in total. The first kappa shape index (κ1) is 14.7. The molecule has 1 unspecified atom stereocenters. The maximum Gasteiger partial charge on any atom is 0.257 e. The zero-order chi connectivity index (χ0) is 13.5. The summed E-state index contributed by atoms with van der Waals surface area (Å²) in [6, 6.07) is 0. The Balaban J connectivity index is 0.000000357. The predicted molar refractivity (Wildman–Crippen MR) is 66.6 cm³/mol. The van der Waals surface area contributed by atoms with E-state index in [4.69, 9.17) is 9.90 Å². The summed E-state index contributed by atoms with van der Waals surface area (Å²) in [5, 5.41) is 12.5. The van der Waals surface area contributed by atoms with Gasteiger partial charge in [-0.15, -0.1) is 0 Å². The zero-order valence-electron chi connectivity index (χ0n) is 11.5. The lowest BCUT2D eigenvalue weighted by molar-refractivity contribution is -0.678. The summed E-state index contributed by atoms with van der Waals surface area (Å²) in [7, 11) is 2.12. The molecule has 5 heteroatoms. The van der Waals surface area contributed by atoms with Crippen molar-refractivity contribution in [2.75, 3.05) is 6.54 Å². The number of carboxylic acid groups (broad SMARTS) is 1. The highest BCUT2D eigenvalue weighted by Crippen LogP contribution is 2.17. The molecule has 1 aromatic rings. The van der Waals surface area contributed by atoms with Crippen LogP contribution in [-0.2, 0) is 18.3 Å². The van der Waals surface area contributed by atoms with Crippen LogP contribution in [0.3, 0.4) is 0 Å². The first-order chi connectivity index (χ1) is 8.56. The van der Waals surface area contributed by atoms with Crippen molar-refractivity contribution < 1.29 is 14.5 Å². The third-order valence-electron chi connectivity index (χ3n) is 3.09. The fraction of sp³-hybridized carbons (Fsp3) is 0.692. The number of aryl methyl sites for hydroxylation is 1. The van der Waals surface area contributed by atoms with E-state index < -0.39 is 5.97 Å². The number of carbonyl (C=O) groups excluding carboxylic acids is 1. The molecule has 0 aromatic carbocycles. The molecule has 0 spiro atoms. The Morgan fingerprint density at radius 3 is 2.78 bits per heavy atom. The maximum absolute atomic E-state index is 8.89. The normalized spacial score (nSPS) is 18.9. The molecule has 18 heavy (non-hydrogen) atoms. The van der Waals surface area contributed by atoms with Crippen molar-refractivity contribution in [1.29, 1.82) is 0 Å². The van der Waals surface area contributed by atoms with Crippen LogP contribution < -0.4 is 15.0 Å². The molecule has 1 fully saturated rings. The average Bonchev–Trinajstić information content (AvgIpc) is 2.71. The van der Waals surface area contributed by atoms with Gasteiger partial charge < -0.3 is 9.90 Å². The largest absolute Gasteiger partial charge is 0.550 e. The number of aromatic nitrogens is 2. The van der Waals surface area contributed by atoms with E-state index in [-0.39, 0.29) is 0 Å². The first-order valence-corrected chi connectivity index (χ1v) is 6.52. The minimum Gasteiger partial charge on any atom is -0.550 e. The minimum absolute atomic E-state index is 0.528. The number of hydrogen-bond donors (Lipinski definition) is 1. The summed E-state index contributed by atoms with van der Waals surface area (Å²) < 4.78 is 4.61. The Hall–Kier alpha value is -1.36. The Morgan fingerprint density at radius 1 is 1.61 bits per heavy atom. The van der Waals surface area contributed by atoms with Crippen LogP contribution in [0.4, 0.5) is 0 Å². The van der Waals surface area contributed by atoms with E-state index in [2.05, 4.69) is 40.8 Å². The third kappa shape index (κ3) is 4.14. The highest BCUT2D eigenvalue weighted by Gasteiger charge is 2.23. The van der Waals surface area contributed by atoms with Crippen LogP contribution >= 0.6 is 0 Å². The lowest BCUT2D eigenvalue weighted by atomic mass is 10.1. The topological polar surface area (TPSA) is 61.0 Å². The van der Waals surface area contributed by atoms with Crippen molar-refractivity contribution in [2.45, 2.75) is 45.7 Å². The molecule has 1 atom stereocenters. The number of carbonyl (C=O) groups is 1. The van der Waals surface area contributed by atoms with Gasteiger partial charge in [0.15, 0.2) is 6.17 Å². The van der Waals surface area contributed by atoms with Gasteiger partial charge in [-0.25, -0.2) is 9.13 Å². The molecule has 0 bridgehead atoms. The second kappa shape index (κ2) is 7.16. The van der Waals surface area contributed by atoms with Crippen LogP contribution in [0.5, 0.6) is 0 Å². The summed E-state index contributed by atoms with van der Waals surface area (Å²) >= 11 is 0. The number of carboxylic acids is 1. The molecule has 1 aliphatic heterocycles. The minimum atomic E-state index is -1.08. The lowest BCUT2D eigenvalue weighted by Crippen LogP contribution is -2.37. The average molecular weight is 253 g/mol. The van der Waals surface area contributed by atoms with E-state index in [9.17, 15) is 0 Å². The first-order valence-electron chi connectivity index (χ1n) is 6.52. The van der Waals surface area contributed by atoms with Crippen molar-refractivity contribution in [3.63, 3.8) is 0 Å².